The standard InChI is InChI=1S/C12H16BrN3.HI/c1-16(11-6-7-11)12(14)15-8-9-2-4-10(13)5-3-9;/h2-5,11H,6-8H2,1H3,(H2,14,15);1H. The first kappa shape index (κ1) is 14.8. The van der Waals surface area contributed by atoms with Gasteiger partial charge in [-0.15, -0.1) is 24.0 Å². The Morgan fingerprint density at radius 1 is 1.41 bits per heavy atom. The van der Waals surface area contributed by atoms with Gasteiger partial charge in [0.15, 0.2) is 5.96 Å². The Hall–Kier alpha value is -0.300. The topological polar surface area (TPSA) is 41.6 Å². The molecule has 2 N–H and O–H groups in total. The molecule has 1 saturated carbocycles. The molecule has 0 bridgehead atoms. The summed E-state index contributed by atoms with van der Waals surface area (Å²) >= 11 is 3.41. The highest BCUT2D eigenvalue weighted by molar-refractivity contribution is 14.0. The van der Waals surface area contributed by atoms with Crippen LogP contribution in [0.2, 0.25) is 0 Å². The number of aliphatic imine (C=N–C) groups is 1. The molecule has 1 aromatic rings. The van der Waals surface area contributed by atoms with Crippen LogP contribution in [0.1, 0.15) is 18.4 Å². The molecule has 0 saturated heterocycles. The number of guanidine groups is 1. The van der Waals surface area contributed by atoms with Crippen LogP contribution in [0, 0.1) is 0 Å². The highest BCUT2D eigenvalue weighted by Gasteiger charge is 2.27. The van der Waals surface area contributed by atoms with Crippen molar-refractivity contribution in [3.05, 3.63) is 34.3 Å². The van der Waals surface area contributed by atoms with Crippen LogP contribution in [0.5, 0.6) is 0 Å². The number of halogens is 2. The van der Waals surface area contributed by atoms with E-state index in [2.05, 4.69) is 38.0 Å². The van der Waals surface area contributed by atoms with Crippen molar-refractivity contribution in [1.82, 2.24) is 4.90 Å². The Kier molecular flexibility index (Phi) is 5.72. The third-order valence-corrected chi connectivity index (χ3v) is 3.32. The van der Waals surface area contributed by atoms with Crippen LogP contribution in [0.4, 0.5) is 0 Å². The molecule has 3 nitrogen and oxygen atoms in total. The highest BCUT2D eigenvalue weighted by atomic mass is 127. The summed E-state index contributed by atoms with van der Waals surface area (Å²) in [6.07, 6.45) is 2.48. The fourth-order valence-corrected chi connectivity index (χ4v) is 1.79. The molecule has 0 heterocycles. The predicted molar refractivity (Wildman–Crippen MR) is 85.7 cm³/mol. The second kappa shape index (κ2) is 6.58. The van der Waals surface area contributed by atoms with E-state index >= 15 is 0 Å². The lowest BCUT2D eigenvalue weighted by Gasteiger charge is -2.16. The lowest BCUT2D eigenvalue weighted by atomic mass is 10.2. The summed E-state index contributed by atoms with van der Waals surface area (Å²) in [6.45, 7) is 0.649. The van der Waals surface area contributed by atoms with Gasteiger partial charge >= 0.3 is 0 Å². The van der Waals surface area contributed by atoms with E-state index in [0.717, 1.165) is 4.47 Å². The van der Waals surface area contributed by atoms with Gasteiger partial charge in [-0.1, -0.05) is 28.1 Å². The summed E-state index contributed by atoms with van der Waals surface area (Å²) in [5, 5.41) is 0. The van der Waals surface area contributed by atoms with E-state index in [4.69, 9.17) is 5.73 Å². The molecular formula is C12H17BrIN3. The second-order valence-corrected chi connectivity index (χ2v) is 5.06. The van der Waals surface area contributed by atoms with Gasteiger partial charge in [-0.3, -0.25) is 0 Å². The fourth-order valence-electron chi connectivity index (χ4n) is 1.52. The van der Waals surface area contributed by atoms with Crippen molar-refractivity contribution in [2.24, 2.45) is 10.7 Å². The van der Waals surface area contributed by atoms with Gasteiger partial charge in [0.1, 0.15) is 0 Å². The fraction of sp³-hybridized carbons (Fsp3) is 0.417. The van der Waals surface area contributed by atoms with Crippen LogP contribution < -0.4 is 5.73 Å². The van der Waals surface area contributed by atoms with Gasteiger partial charge in [-0.05, 0) is 30.5 Å². The molecule has 2 rings (SSSR count). The Labute approximate surface area is 128 Å². The lowest BCUT2D eigenvalue weighted by molar-refractivity contribution is 0.487. The van der Waals surface area contributed by atoms with Gasteiger partial charge in [-0.25, -0.2) is 4.99 Å². The minimum Gasteiger partial charge on any atom is -0.370 e. The number of hydrogen-bond acceptors (Lipinski definition) is 1. The molecule has 1 aromatic carbocycles. The maximum Gasteiger partial charge on any atom is 0.191 e. The van der Waals surface area contributed by atoms with Crippen LogP contribution in [0.3, 0.4) is 0 Å². The first-order valence-electron chi connectivity index (χ1n) is 5.44. The largest absolute Gasteiger partial charge is 0.370 e. The Morgan fingerprint density at radius 3 is 2.53 bits per heavy atom. The normalized spacial score (nSPS) is 15.3. The summed E-state index contributed by atoms with van der Waals surface area (Å²) in [6, 6.07) is 8.77. The maximum atomic E-state index is 5.90. The Morgan fingerprint density at radius 2 is 2.00 bits per heavy atom. The van der Waals surface area contributed by atoms with Gasteiger partial charge in [-0.2, -0.15) is 0 Å². The molecular weight excluding hydrogens is 393 g/mol. The van der Waals surface area contributed by atoms with Crippen LogP contribution in [-0.4, -0.2) is 23.9 Å². The van der Waals surface area contributed by atoms with Gasteiger partial charge in [0, 0.05) is 17.6 Å². The van der Waals surface area contributed by atoms with E-state index in [0.29, 0.717) is 18.5 Å². The Balaban J connectivity index is 0.00000144. The molecule has 0 amide bonds. The third kappa shape index (κ3) is 4.46. The SMILES string of the molecule is CN(C(N)=NCc1ccc(Br)cc1)C1CC1.I. The minimum atomic E-state index is 0. The average molecular weight is 410 g/mol. The zero-order chi connectivity index (χ0) is 11.5. The molecule has 0 radical (unpaired) electrons. The highest BCUT2D eigenvalue weighted by Crippen LogP contribution is 2.24. The number of nitrogens with zero attached hydrogens (tertiary/aromatic N) is 2. The van der Waals surface area contributed by atoms with Crippen LogP contribution in [0.25, 0.3) is 0 Å². The van der Waals surface area contributed by atoms with Gasteiger partial charge < -0.3 is 10.6 Å². The first-order valence-corrected chi connectivity index (χ1v) is 6.23. The summed E-state index contributed by atoms with van der Waals surface area (Å²) in [5.41, 5.74) is 7.08. The average Bonchev–Trinajstić information content (AvgIpc) is 3.11. The monoisotopic (exact) mass is 409 g/mol. The van der Waals surface area contributed by atoms with Crippen molar-refractivity contribution in [1.29, 1.82) is 0 Å². The van der Waals surface area contributed by atoms with Gasteiger partial charge in [0.2, 0.25) is 0 Å². The minimum absolute atomic E-state index is 0. The molecule has 5 heteroatoms. The summed E-state index contributed by atoms with van der Waals surface area (Å²) in [7, 11) is 2.01. The number of benzene rings is 1. The molecule has 0 aliphatic heterocycles. The van der Waals surface area contributed by atoms with Crippen molar-refractivity contribution in [2.45, 2.75) is 25.4 Å². The number of nitrogens with two attached hydrogens (primary N) is 1. The van der Waals surface area contributed by atoms with E-state index in [1.54, 1.807) is 0 Å². The molecule has 17 heavy (non-hydrogen) atoms. The zero-order valence-corrected chi connectivity index (χ0v) is 13.7. The molecule has 0 unspecified atom stereocenters. The smallest absolute Gasteiger partial charge is 0.191 e. The quantitative estimate of drug-likeness (QED) is 0.473. The van der Waals surface area contributed by atoms with Crippen molar-refractivity contribution in [3.8, 4) is 0 Å². The van der Waals surface area contributed by atoms with Crippen molar-refractivity contribution in [2.75, 3.05) is 7.05 Å². The Bertz CT molecular complexity index is 387. The molecule has 1 fully saturated rings. The predicted octanol–water partition coefficient (Wildman–Crippen LogP) is 2.98. The van der Waals surface area contributed by atoms with Crippen molar-refractivity contribution >= 4 is 45.9 Å². The molecule has 0 atom stereocenters. The van der Waals surface area contributed by atoms with Crippen molar-refractivity contribution in [3.63, 3.8) is 0 Å². The van der Waals surface area contributed by atoms with E-state index in [-0.39, 0.29) is 24.0 Å². The van der Waals surface area contributed by atoms with Gasteiger partial charge in [0.05, 0.1) is 6.54 Å². The molecule has 1 aliphatic carbocycles. The maximum absolute atomic E-state index is 5.90. The summed E-state index contributed by atoms with van der Waals surface area (Å²) in [5.74, 6) is 0.644. The van der Waals surface area contributed by atoms with Crippen molar-refractivity contribution < 1.29 is 0 Å². The van der Waals surface area contributed by atoms with Crippen LogP contribution in [0.15, 0.2) is 33.7 Å². The van der Waals surface area contributed by atoms with E-state index < -0.39 is 0 Å². The number of hydrogen-bond donors (Lipinski definition) is 1. The summed E-state index contributed by atoms with van der Waals surface area (Å²) in [4.78, 5) is 6.46. The molecule has 0 aromatic heterocycles. The second-order valence-electron chi connectivity index (χ2n) is 4.14. The zero-order valence-electron chi connectivity index (χ0n) is 9.77. The first-order chi connectivity index (χ1) is 7.66. The lowest BCUT2D eigenvalue weighted by Crippen LogP contribution is -2.35. The van der Waals surface area contributed by atoms with Crippen LogP contribution in [-0.2, 0) is 6.54 Å². The van der Waals surface area contributed by atoms with Crippen LogP contribution >= 0.6 is 39.9 Å². The van der Waals surface area contributed by atoms with E-state index in [1.807, 2.05) is 19.2 Å². The molecule has 1 aliphatic rings. The van der Waals surface area contributed by atoms with E-state index in [9.17, 15) is 0 Å². The van der Waals surface area contributed by atoms with Gasteiger partial charge in [0.25, 0.3) is 0 Å². The van der Waals surface area contributed by atoms with E-state index in [1.165, 1.54) is 18.4 Å². The molecule has 0 spiro atoms. The third-order valence-electron chi connectivity index (χ3n) is 2.79. The summed E-state index contributed by atoms with van der Waals surface area (Å²) < 4.78 is 1.09. The number of rotatable bonds is 3. The molecule has 94 valence electrons.